The van der Waals surface area contributed by atoms with Crippen molar-refractivity contribution in [3.63, 3.8) is 0 Å². The lowest BCUT2D eigenvalue weighted by atomic mass is 9.98. The second-order valence-electron chi connectivity index (χ2n) is 6.37. The van der Waals surface area contributed by atoms with Crippen LogP contribution in [-0.4, -0.2) is 37.2 Å². The SMILES string of the molecule is CCC(C)C.CCCN(CC)CCOC1CCCCC1. The van der Waals surface area contributed by atoms with Gasteiger partial charge in [0.05, 0.1) is 12.7 Å². The van der Waals surface area contributed by atoms with Gasteiger partial charge >= 0.3 is 0 Å². The summed E-state index contributed by atoms with van der Waals surface area (Å²) in [5.41, 5.74) is 0. The number of hydrogen-bond acceptors (Lipinski definition) is 2. The third-order valence-electron chi connectivity index (χ3n) is 4.12. The summed E-state index contributed by atoms with van der Waals surface area (Å²) in [6.45, 7) is 15.5. The fourth-order valence-electron chi connectivity index (χ4n) is 2.32. The maximum absolute atomic E-state index is 5.92. The van der Waals surface area contributed by atoms with Crippen molar-refractivity contribution in [1.82, 2.24) is 4.90 Å². The molecule has 0 unspecified atom stereocenters. The van der Waals surface area contributed by atoms with Crippen molar-refractivity contribution in [3.05, 3.63) is 0 Å². The van der Waals surface area contributed by atoms with Crippen molar-refractivity contribution in [3.8, 4) is 0 Å². The van der Waals surface area contributed by atoms with Gasteiger partial charge in [-0.1, -0.05) is 60.3 Å². The third kappa shape index (κ3) is 11.7. The minimum Gasteiger partial charge on any atom is -0.377 e. The summed E-state index contributed by atoms with van der Waals surface area (Å²) >= 11 is 0. The lowest BCUT2D eigenvalue weighted by molar-refractivity contribution is 0.0168. The summed E-state index contributed by atoms with van der Waals surface area (Å²) in [5, 5.41) is 0. The maximum atomic E-state index is 5.92. The van der Waals surface area contributed by atoms with Gasteiger partial charge in [0.1, 0.15) is 0 Å². The molecule has 2 nitrogen and oxygen atoms in total. The van der Waals surface area contributed by atoms with Gasteiger partial charge in [-0.25, -0.2) is 0 Å². The van der Waals surface area contributed by atoms with E-state index in [-0.39, 0.29) is 0 Å². The molecule has 0 heterocycles. The van der Waals surface area contributed by atoms with Crippen LogP contribution in [0.4, 0.5) is 0 Å². The molecule has 0 bridgehead atoms. The van der Waals surface area contributed by atoms with Gasteiger partial charge in [-0.2, -0.15) is 0 Å². The van der Waals surface area contributed by atoms with Gasteiger partial charge in [0.25, 0.3) is 0 Å². The number of ether oxygens (including phenoxy) is 1. The summed E-state index contributed by atoms with van der Waals surface area (Å²) in [4.78, 5) is 2.48. The van der Waals surface area contributed by atoms with Gasteiger partial charge in [0.15, 0.2) is 0 Å². The van der Waals surface area contributed by atoms with Crippen molar-refractivity contribution < 1.29 is 4.74 Å². The Labute approximate surface area is 128 Å². The van der Waals surface area contributed by atoms with Crippen LogP contribution in [0.3, 0.4) is 0 Å². The predicted molar refractivity (Wildman–Crippen MR) is 90.4 cm³/mol. The largest absolute Gasteiger partial charge is 0.377 e. The van der Waals surface area contributed by atoms with Crippen LogP contribution in [-0.2, 0) is 4.74 Å². The topological polar surface area (TPSA) is 12.5 Å². The molecule has 0 aromatic rings. The van der Waals surface area contributed by atoms with Gasteiger partial charge in [-0.3, -0.25) is 0 Å². The molecule has 0 spiro atoms. The molecule has 1 aliphatic rings. The second kappa shape index (κ2) is 13.9. The van der Waals surface area contributed by atoms with E-state index < -0.39 is 0 Å². The first-order valence-corrected chi connectivity index (χ1v) is 8.97. The first kappa shape index (κ1) is 19.9. The van der Waals surface area contributed by atoms with Gasteiger partial charge in [-0.05, 0) is 38.3 Å². The quantitative estimate of drug-likeness (QED) is 0.613. The first-order valence-electron chi connectivity index (χ1n) is 8.97. The van der Waals surface area contributed by atoms with E-state index in [0.29, 0.717) is 6.10 Å². The Morgan fingerprint density at radius 1 is 1.00 bits per heavy atom. The third-order valence-corrected chi connectivity index (χ3v) is 4.12. The van der Waals surface area contributed by atoms with Crippen LogP contribution in [0.5, 0.6) is 0 Å². The second-order valence-corrected chi connectivity index (χ2v) is 6.37. The fourth-order valence-corrected chi connectivity index (χ4v) is 2.32. The zero-order valence-electron chi connectivity index (χ0n) is 14.8. The Morgan fingerprint density at radius 3 is 2.05 bits per heavy atom. The highest BCUT2D eigenvalue weighted by molar-refractivity contribution is 4.65. The Bertz CT molecular complexity index is 183. The van der Waals surface area contributed by atoms with Gasteiger partial charge < -0.3 is 9.64 Å². The summed E-state index contributed by atoms with van der Waals surface area (Å²) in [7, 11) is 0. The van der Waals surface area contributed by atoms with Crippen LogP contribution in [0.1, 0.15) is 79.6 Å². The van der Waals surface area contributed by atoms with Crippen molar-refractivity contribution in [2.45, 2.75) is 85.7 Å². The highest BCUT2D eigenvalue weighted by atomic mass is 16.5. The van der Waals surface area contributed by atoms with Crippen LogP contribution in [0.2, 0.25) is 0 Å². The Hall–Kier alpha value is -0.0800. The Kier molecular flexibility index (Phi) is 13.8. The minimum atomic E-state index is 0.569. The molecule has 1 aliphatic carbocycles. The lowest BCUT2D eigenvalue weighted by Crippen LogP contribution is -2.30. The van der Waals surface area contributed by atoms with E-state index in [2.05, 4.69) is 39.5 Å². The highest BCUT2D eigenvalue weighted by Crippen LogP contribution is 2.19. The van der Waals surface area contributed by atoms with E-state index in [1.165, 1.54) is 51.5 Å². The Morgan fingerprint density at radius 2 is 1.60 bits per heavy atom. The summed E-state index contributed by atoms with van der Waals surface area (Å²) < 4.78 is 5.92. The van der Waals surface area contributed by atoms with Gasteiger partial charge in [0, 0.05) is 6.54 Å². The van der Waals surface area contributed by atoms with Crippen molar-refractivity contribution >= 4 is 0 Å². The molecule has 0 saturated heterocycles. The molecular weight excluding hydrogens is 246 g/mol. The number of likely N-dealkylation sites (N-methyl/N-ethyl adjacent to an activating group) is 1. The van der Waals surface area contributed by atoms with E-state index in [4.69, 9.17) is 4.74 Å². The number of nitrogens with zero attached hydrogens (tertiary/aromatic N) is 1. The average molecular weight is 286 g/mol. The molecule has 0 N–H and O–H groups in total. The molecule has 0 amide bonds. The molecule has 0 aromatic heterocycles. The molecule has 1 rings (SSSR count). The fraction of sp³-hybridized carbons (Fsp3) is 1.00. The van der Waals surface area contributed by atoms with Crippen LogP contribution in [0, 0.1) is 5.92 Å². The zero-order chi connectivity index (χ0) is 15.2. The Balaban J connectivity index is 0.000000621. The molecule has 0 aliphatic heterocycles. The highest BCUT2D eigenvalue weighted by Gasteiger charge is 2.13. The molecular formula is C18H39NO. The average Bonchev–Trinajstić information content (AvgIpc) is 2.48. The van der Waals surface area contributed by atoms with E-state index in [0.717, 1.165) is 25.6 Å². The molecule has 122 valence electrons. The van der Waals surface area contributed by atoms with E-state index in [1.54, 1.807) is 0 Å². The molecule has 2 heteroatoms. The normalized spacial score (nSPS) is 16.4. The van der Waals surface area contributed by atoms with E-state index in [9.17, 15) is 0 Å². The molecule has 0 radical (unpaired) electrons. The lowest BCUT2D eigenvalue weighted by Gasteiger charge is -2.24. The van der Waals surface area contributed by atoms with E-state index in [1.807, 2.05) is 0 Å². The van der Waals surface area contributed by atoms with E-state index >= 15 is 0 Å². The molecule has 1 saturated carbocycles. The van der Waals surface area contributed by atoms with Crippen LogP contribution < -0.4 is 0 Å². The number of rotatable bonds is 8. The van der Waals surface area contributed by atoms with Crippen molar-refractivity contribution in [1.29, 1.82) is 0 Å². The standard InChI is InChI=1S/C13H27NO.C5H12/c1-3-10-14(4-2)11-12-15-13-8-6-5-7-9-13;1-4-5(2)3/h13H,3-12H2,1-2H3;5H,4H2,1-3H3. The summed E-state index contributed by atoms with van der Waals surface area (Å²) in [6, 6.07) is 0. The zero-order valence-corrected chi connectivity index (χ0v) is 14.8. The van der Waals surface area contributed by atoms with Crippen molar-refractivity contribution in [2.75, 3.05) is 26.2 Å². The van der Waals surface area contributed by atoms with Crippen molar-refractivity contribution in [2.24, 2.45) is 5.92 Å². The van der Waals surface area contributed by atoms with Crippen LogP contribution in [0.25, 0.3) is 0 Å². The summed E-state index contributed by atoms with van der Waals surface area (Å²) in [5.74, 6) is 0.884. The molecule has 1 fully saturated rings. The first-order chi connectivity index (χ1) is 9.63. The molecule has 0 atom stereocenters. The maximum Gasteiger partial charge on any atom is 0.0597 e. The van der Waals surface area contributed by atoms with Crippen LogP contribution >= 0.6 is 0 Å². The smallest absolute Gasteiger partial charge is 0.0597 e. The number of hydrogen-bond donors (Lipinski definition) is 0. The molecule has 20 heavy (non-hydrogen) atoms. The van der Waals surface area contributed by atoms with Crippen LogP contribution in [0.15, 0.2) is 0 Å². The molecule has 0 aromatic carbocycles. The summed E-state index contributed by atoms with van der Waals surface area (Å²) in [6.07, 6.45) is 9.86. The monoisotopic (exact) mass is 285 g/mol. The van der Waals surface area contributed by atoms with Gasteiger partial charge in [0.2, 0.25) is 0 Å². The minimum absolute atomic E-state index is 0.569. The predicted octanol–water partition coefficient (Wildman–Crippen LogP) is 5.12. The van der Waals surface area contributed by atoms with Gasteiger partial charge in [-0.15, -0.1) is 0 Å².